The van der Waals surface area contributed by atoms with Gasteiger partial charge in [0.1, 0.15) is 11.7 Å². The fraction of sp³-hybridized carbons (Fsp3) is 0.190. The molecule has 0 saturated heterocycles. The summed E-state index contributed by atoms with van der Waals surface area (Å²) >= 11 is 0. The van der Waals surface area contributed by atoms with Gasteiger partial charge in [-0.3, -0.25) is 9.59 Å². The molecule has 0 saturated carbocycles. The van der Waals surface area contributed by atoms with Crippen LogP contribution in [0.15, 0.2) is 70.1 Å². The highest BCUT2D eigenvalue weighted by molar-refractivity contribution is 7.89. The van der Waals surface area contributed by atoms with Crippen molar-refractivity contribution >= 4 is 27.6 Å². The van der Waals surface area contributed by atoms with Gasteiger partial charge in [-0.15, -0.1) is 0 Å². The summed E-state index contributed by atoms with van der Waals surface area (Å²) in [7, 11) is -3.96. The number of anilines is 1. The summed E-state index contributed by atoms with van der Waals surface area (Å²) in [5, 5.41) is 6.47. The van der Waals surface area contributed by atoms with Gasteiger partial charge in [0.25, 0.3) is 0 Å². The Morgan fingerprint density at radius 3 is 2.42 bits per heavy atom. The molecule has 0 radical (unpaired) electrons. The second-order valence-electron chi connectivity index (χ2n) is 6.70. The van der Waals surface area contributed by atoms with Crippen LogP contribution in [0.2, 0.25) is 0 Å². The first-order chi connectivity index (χ1) is 14.7. The number of amides is 1. The SMILES string of the molecule is CC(=O)Nc1ccc(S(=O)(=O)NC(C)C(=O)OCc2cc(-c3ccccc3)no2)cc1. The summed E-state index contributed by atoms with van der Waals surface area (Å²) in [5.41, 5.74) is 1.92. The summed E-state index contributed by atoms with van der Waals surface area (Å²) in [6.45, 7) is 2.54. The average molecular weight is 443 g/mol. The molecule has 1 amide bonds. The van der Waals surface area contributed by atoms with Gasteiger partial charge < -0.3 is 14.6 Å². The highest BCUT2D eigenvalue weighted by Crippen LogP contribution is 2.19. The van der Waals surface area contributed by atoms with Gasteiger partial charge in [-0.05, 0) is 31.2 Å². The summed E-state index contributed by atoms with van der Waals surface area (Å²) in [6.07, 6.45) is 0. The monoisotopic (exact) mass is 443 g/mol. The number of nitrogens with zero attached hydrogens (tertiary/aromatic N) is 1. The van der Waals surface area contributed by atoms with Crippen LogP contribution in [-0.4, -0.2) is 31.5 Å². The van der Waals surface area contributed by atoms with E-state index in [9.17, 15) is 18.0 Å². The smallest absolute Gasteiger partial charge is 0.324 e. The number of sulfonamides is 1. The summed E-state index contributed by atoms with van der Waals surface area (Å²) in [6, 6.07) is 15.4. The second-order valence-corrected chi connectivity index (χ2v) is 8.41. The van der Waals surface area contributed by atoms with Crippen molar-refractivity contribution in [2.45, 2.75) is 31.4 Å². The van der Waals surface area contributed by atoms with E-state index in [1.165, 1.54) is 38.1 Å². The van der Waals surface area contributed by atoms with E-state index in [4.69, 9.17) is 9.26 Å². The standard InChI is InChI=1S/C21H21N3O6S/c1-14(24-31(27,28)19-10-8-17(9-11-19)22-15(2)25)21(26)29-13-18-12-20(23-30-18)16-6-4-3-5-7-16/h3-12,14,24H,13H2,1-2H3,(H,22,25). The lowest BCUT2D eigenvalue weighted by molar-refractivity contribution is -0.147. The van der Waals surface area contributed by atoms with Gasteiger partial charge in [-0.25, -0.2) is 8.42 Å². The van der Waals surface area contributed by atoms with E-state index in [1.54, 1.807) is 6.07 Å². The van der Waals surface area contributed by atoms with E-state index < -0.39 is 22.0 Å². The Hall–Kier alpha value is -3.50. The molecule has 31 heavy (non-hydrogen) atoms. The first kappa shape index (κ1) is 22.2. The van der Waals surface area contributed by atoms with Crippen molar-refractivity contribution in [3.05, 3.63) is 66.4 Å². The Bertz CT molecular complexity index is 1160. The Morgan fingerprint density at radius 1 is 1.10 bits per heavy atom. The minimum absolute atomic E-state index is 0.0519. The lowest BCUT2D eigenvalue weighted by Crippen LogP contribution is -2.39. The average Bonchev–Trinajstić information content (AvgIpc) is 3.21. The zero-order valence-corrected chi connectivity index (χ0v) is 17.7. The molecule has 0 aliphatic rings. The maximum atomic E-state index is 12.5. The Kier molecular flexibility index (Phi) is 6.83. The van der Waals surface area contributed by atoms with Crippen molar-refractivity contribution in [2.75, 3.05) is 5.32 Å². The highest BCUT2D eigenvalue weighted by Gasteiger charge is 2.23. The van der Waals surface area contributed by atoms with Crippen molar-refractivity contribution < 1.29 is 27.3 Å². The third-order valence-corrected chi connectivity index (χ3v) is 5.71. The van der Waals surface area contributed by atoms with Crippen LogP contribution in [0.3, 0.4) is 0 Å². The van der Waals surface area contributed by atoms with Gasteiger partial charge in [0.15, 0.2) is 12.4 Å². The summed E-state index contributed by atoms with van der Waals surface area (Å²) < 4.78 is 37.5. The molecule has 10 heteroatoms. The molecular formula is C21H21N3O6S. The third-order valence-electron chi connectivity index (χ3n) is 4.16. The Labute approximate surface area is 179 Å². The number of esters is 1. The van der Waals surface area contributed by atoms with Crippen LogP contribution in [0.25, 0.3) is 11.3 Å². The van der Waals surface area contributed by atoms with Gasteiger partial charge in [-0.2, -0.15) is 4.72 Å². The number of aromatic nitrogens is 1. The molecule has 162 valence electrons. The quantitative estimate of drug-likeness (QED) is 0.512. The highest BCUT2D eigenvalue weighted by atomic mass is 32.2. The molecule has 0 aliphatic carbocycles. The second kappa shape index (κ2) is 9.54. The van der Waals surface area contributed by atoms with Crippen LogP contribution in [0.1, 0.15) is 19.6 Å². The summed E-state index contributed by atoms with van der Waals surface area (Å²) in [5.74, 6) is -0.709. The number of hydrogen-bond donors (Lipinski definition) is 2. The van der Waals surface area contributed by atoms with Gasteiger partial charge in [0, 0.05) is 24.2 Å². The van der Waals surface area contributed by atoms with Gasteiger partial charge in [-0.1, -0.05) is 35.5 Å². The molecule has 3 aromatic rings. The van der Waals surface area contributed by atoms with E-state index in [0.29, 0.717) is 17.1 Å². The predicted octanol–water partition coefficient (Wildman–Crippen LogP) is 2.71. The summed E-state index contributed by atoms with van der Waals surface area (Å²) in [4.78, 5) is 23.2. The molecule has 2 N–H and O–H groups in total. The van der Waals surface area contributed by atoms with E-state index in [2.05, 4.69) is 15.2 Å². The molecule has 0 aliphatic heterocycles. The third kappa shape index (κ3) is 6.00. The largest absolute Gasteiger partial charge is 0.456 e. The zero-order valence-electron chi connectivity index (χ0n) is 16.9. The van der Waals surface area contributed by atoms with Gasteiger partial charge in [0.05, 0.1) is 4.90 Å². The fourth-order valence-corrected chi connectivity index (χ4v) is 3.85. The Morgan fingerprint density at radius 2 is 1.77 bits per heavy atom. The predicted molar refractivity (Wildman–Crippen MR) is 112 cm³/mol. The number of ether oxygens (including phenoxy) is 1. The molecule has 1 aromatic heterocycles. The van der Waals surface area contributed by atoms with Crippen molar-refractivity contribution in [1.82, 2.24) is 9.88 Å². The van der Waals surface area contributed by atoms with Crippen LogP contribution >= 0.6 is 0 Å². The fourth-order valence-electron chi connectivity index (χ4n) is 2.66. The molecule has 1 heterocycles. The van der Waals surface area contributed by atoms with Crippen LogP contribution in [0, 0.1) is 0 Å². The maximum absolute atomic E-state index is 12.5. The minimum atomic E-state index is -3.96. The molecule has 2 aromatic carbocycles. The number of benzene rings is 2. The van der Waals surface area contributed by atoms with Crippen molar-refractivity contribution in [3.63, 3.8) is 0 Å². The zero-order chi connectivity index (χ0) is 22.4. The number of hydrogen-bond acceptors (Lipinski definition) is 7. The van der Waals surface area contributed by atoms with Crippen LogP contribution < -0.4 is 10.0 Å². The van der Waals surface area contributed by atoms with E-state index in [-0.39, 0.29) is 17.4 Å². The van der Waals surface area contributed by atoms with E-state index >= 15 is 0 Å². The molecular weight excluding hydrogens is 422 g/mol. The molecule has 1 unspecified atom stereocenters. The number of carbonyl (C=O) groups is 2. The molecule has 0 spiro atoms. The topological polar surface area (TPSA) is 128 Å². The molecule has 0 bridgehead atoms. The van der Waals surface area contributed by atoms with Crippen molar-refractivity contribution in [2.24, 2.45) is 0 Å². The van der Waals surface area contributed by atoms with Crippen molar-refractivity contribution in [1.29, 1.82) is 0 Å². The first-order valence-electron chi connectivity index (χ1n) is 9.32. The Balaban J connectivity index is 1.56. The number of nitrogens with one attached hydrogen (secondary N) is 2. The molecule has 9 nitrogen and oxygen atoms in total. The van der Waals surface area contributed by atoms with Crippen molar-refractivity contribution in [3.8, 4) is 11.3 Å². The van der Waals surface area contributed by atoms with Crippen LogP contribution in [-0.2, 0) is 31.0 Å². The molecule has 3 rings (SSSR count). The normalized spacial score (nSPS) is 12.2. The van der Waals surface area contributed by atoms with E-state index in [1.807, 2.05) is 30.3 Å². The first-order valence-corrected chi connectivity index (χ1v) is 10.8. The lowest BCUT2D eigenvalue weighted by atomic mass is 10.1. The minimum Gasteiger partial charge on any atom is -0.456 e. The van der Waals surface area contributed by atoms with E-state index in [0.717, 1.165) is 5.56 Å². The number of rotatable bonds is 8. The van der Waals surface area contributed by atoms with Crippen LogP contribution in [0.4, 0.5) is 5.69 Å². The molecule has 0 fully saturated rings. The van der Waals surface area contributed by atoms with Crippen LogP contribution in [0.5, 0.6) is 0 Å². The maximum Gasteiger partial charge on any atom is 0.324 e. The lowest BCUT2D eigenvalue weighted by Gasteiger charge is -2.13. The van der Waals surface area contributed by atoms with Gasteiger partial charge in [0.2, 0.25) is 15.9 Å². The number of carbonyl (C=O) groups excluding carboxylic acids is 2. The van der Waals surface area contributed by atoms with Gasteiger partial charge >= 0.3 is 5.97 Å². The molecule has 1 atom stereocenters.